The maximum atomic E-state index is 6.36. The van der Waals surface area contributed by atoms with Gasteiger partial charge in [0.2, 0.25) is 0 Å². The molecule has 112 valence electrons. The van der Waals surface area contributed by atoms with Crippen LogP contribution in [0.4, 0.5) is 0 Å². The van der Waals surface area contributed by atoms with E-state index in [1.54, 1.807) is 0 Å². The predicted octanol–water partition coefficient (Wildman–Crippen LogP) is 3.69. The Morgan fingerprint density at radius 3 is 2.90 bits per heavy atom. The van der Waals surface area contributed by atoms with Crippen LogP contribution in [0.3, 0.4) is 0 Å². The van der Waals surface area contributed by atoms with Crippen LogP contribution in [0.5, 0.6) is 5.75 Å². The van der Waals surface area contributed by atoms with Crippen LogP contribution < -0.4 is 10.5 Å². The Labute approximate surface area is 126 Å². The molecule has 0 saturated heterocycles. The number of nitrogens with two attached hydrogens (primary N) is 1. The van der Waals surface area contributed by atoms with Crippen LogP contribution in [-0.2, 0) is 0 Å². The van der Waals surface area contributed by atoms with Crippen LogP contribution in [0.1, 0.15) is 31.9 Å². The fourth-order valence-corrected chi connectivity index (χ4v) is 3.28. The summed E-state index contributed by atoms with van der Waals surface area (Å²) in [5.41, 5.74) is 7.92. The van der Waals surface area contributed by atoms with Crippen LogP contribution in [0.25, 0.3) is 10.9 Å². The van der Waals surface area contributed by atoms with Gasteiger partial charge in [-0.25, -0.2) is 4.98 Å². The molecule has 1 fully saturated rings. The highest BCUT2D eigenvalue weighted by Crippen LogP contribution is 2.33. The van der Waals surface area contributed by atoms with Crippen molar-refractivity contribution in [1.29, 1.82) is 0 Å². The lowest BCUT2D eigenvalue weighted by Crippen LogP contribution is -2.37. The summed E-state index contributed by atoms with van der Waals surface area (Å²) in [5, 5.41) is 1.13. The van der Waals surface area contributed by atoms with Gasteiger partial charge in [0.1, 0.15) is 17.4 Å². The Bertz CT molecular complexity index is 626. The molecular weight excluding hydrogens is 260 g/mol. The number of rotatable bonds is 3. The summed E-state index contributed by atoms with van der Waals surface area (Å²) in [6.07, 6.45) is 3.73. The van der Waals surface area contributed by atoms with E-state index in [1.807, 2.05) is 25.1 Å². The second-order valence-electron chi connectivity index (χ2n) is 6.35. The minimum atomic E-state index is 0.215. The SMILES string of the molecule is Cc1ccc2cccc(OC3CC(C)CCC3CN)c2n1. The molecule has 1 aliphatic carbocycles. The lowest BCUT2D eigenvalue weighted by Gasteiger charge is -2.34. The Morgan fingerprint density at radius 2 is 2.10 bits per heavy atom. The van der Waals surface area contributed by atoms with E-state index in [1.165, 1.54) is 12.8 Å². The van der Waals surface area contributed by atoms with Crippen molar-refractivity contribution >= 4 is 10.9 Å². The first-order valence-corrected chi connectivity index (χ1v) is 7.90. The lowest BCUT2D eigenvalue weighted by molar-refractivity contribution is 0.0754. The summed E-state index contributed by atoms with van der Waals surface area (Å²) in [4.78, 5) is 4.65. The first kappa shape index (κ1) is 14.3. The minimum Gasteiger partial charge on any atom is -0.488 e. The molecule has 3 nitrogen and oxygen atoms in total. The number of pyridine rings is 1. The summed E-state index contributed by atoms with van der Waals surface area (Å²) in [6, 6.07) is 10.3. The number of nitrogens with zero attached hydrogens (tertiary/aromatic N) is 1. The number of benzene rings is 1. The number of aryl methyl sites for hydroxylation is 1. The number of fused-ring (bicyclic) bond motifs is 1. The normalized spacial score (nSPS) is 26.0. The number of ether oxygens (including phenoxy) is 1. The fourth-order valence-electron chi connectivity index (χ4n) is 3.28. The third-order valence-electron chi connectivity index (χ3n) is 4.59. The molecule has 0 amide bonds. The number of para-hydroxylation sites is 1. The van der Waals surface area contributed by atoms with E-state index in [4.69, 9.17) is 10.5 Å². The zero-order chi connectivity index (χ0) is 14.8. The van der Waals surface area contributed by atoms with E-state index in [9.17, 15) is 0 Å². The van der Waals surface area contributed by atoms with Gasteiger partial charge in [0.15, 0.2) is 0 Å². The smallest absolute Gasteiger partial charge is 0.145 e. The van der Waals surface area contributed by atoms with E-state index >= 15 is 0 Å². The van der Waals surface area contributed by atoms with Crippen molar-refractivity contribution in [2.24, 2.45) is 17.6 Å². The van der Waals surface area contributed by atoms with Crippen molar-refractivity contribution in [1.82, 2.24) is 4.98 Å². The van der Waals surface area contributed by atoms with Gasteiger partial charge < -0.3 is 10.5 Å². The molecule has 2 aromatic rings. The second kappa shape index (κ2) is 6.02. The van der Waals surface area contributed by atoms with Crippen molar-refractivity contribution in [3.8, 4) is 5.75 Å². The summed E-state index contributed by atoms with van der Waals surface area (Å²) in [7, 11) is 0. The van der Waals surface area contributed by atoms with Gasteiger partial charge in [-0.05, 0) is 44.4 Å². The van der Waals surface area contributed by atoms with Gasteiger partial charge >= 0.3 is 0 Å². The van der Waals surface area contributed by atoms with Crippen molar-refractivity contribution < 1.29 is 4.74 Å². The predicted molar refractivity (Wildman–Crippen MR) is 86.5 cm³/mol. The quantitative estimate of drug-likeness (QED) is 0.935. The van der Waals surface area contributed by atoms with E-state index in [2.05, 4.69) is 24.0 Å². The molecule has 1 aromatic carbocycles. The highest BCUT2D eigenvalue weighted by Gasteiger charge is 2.29. The Kier molecular flexibility index (Phi) is 4.11. The molecule has 21 heavy (non-hydrogen) atoms. The Morgan fingerprint density at radius 1 is 1.24 bits per heavy atom. The van der Waals surface area contributed by atoms with Gasteiger partial charge in [-0.3, -0.25) is 0 Å². The van der Waals surface area contributed by atoms with Crippen LogP contribution in [0.2, 0.25) is 0 Å². The number of hydrogen-bond donors (Lipinski definition) is 1. The van der Waals surface area contributed by atoms with Crippen molar-refractivity contribution in [2.45, 2.75) is 39.2 Å². The van der Waals surface area contributed by atoms with E-state index in [0.717, 1.165) is 28.8 Å². The maximum Gasteiger partial charge on any atom is 0.145 e. The Hall–Kier alpha value is -1.61. The molecule has 1 aromatic heterocycles. The molecule has 1 heterocycles. The number of aromatic nitrogens is 1. The summed E-state index contributed by atoms with van der Waals surface area (Å²) in [5.74, 6) is 2.07. The third kappa shape index (κ3) is 3.03. The zero-order valence-electron chi connectivity index (χ0n) is 12.9. The molecule has 1 aliphatic rings. The van der Waals surface area contributed by atoms with Crippen LogP contribution in [0, 0.1) is 18.8 Å². The largest absolute Gasteiger partial charge is 0.488 e. The maximum absolute atomic E-state index is 6.36. The van der Waals surface area contributed by atoms with Crippen molar-refractivity contribution in [3.63, 3.8) is 0 Å². The van der Waals surface area contributed by atoms with Crippen molar-refractivity contribution in [3.05, 3.63) is 36.0 Å². The average Bonchev–Trinajstić information content (AvgIpc) is 2.48. The highest BCUT2D eigenvalue weighted by atomic mass is 16.5. The van der Waals surface area contributed by atoms with Gasteiger partial charge in [0.05, 0.1) is 0 Å². The van der Waals surface area contributed by atoms with Crippen molar-refractivity contribution in [2.75, 3.05) is 6.54 Å². The molecule has 3 unspecified atom stereocenters. The molecular formula is C18H24N2O. The molecule has 3 heteroatoms. The van der Waals surface area contributed by atoms with Gasteiger partial charge in [-0.15, -0.1) is 0 Å². The molecule has 1 saturated carbocycles. The van der Waals surface area contributed by atoms with Gasteiger partial charge in [0.25, 0.3) is 0 Å². The number of hydrogen-bond acceptors (Lipinski definition) is 3. The highest BCUT2D eigenvalue weighted by molar-refractivity contribution is 5.84. The minimum absolute atomic E-state index is 0.215. The van der Waals surface area contributed by atoms with Gasteiger partial charge in [0, 0.05) is 17.0 Å². The summed E-state index contributed by atoms with van der Waals surface area (Å²) >= 11 is 0. The standard InChI is InChI=1S/C18H24N2O/c1-12-6-8-15(11-19)17(10-12)21-16-5-3-4-14-9-7-13(2)20-18(14)16/h3-5,7,9,12,15,17H,6,8,10-11,19H2,1-2H3. The van der Waals surface area contributed by atoms with Gasteiger partial charge in [-0.2, -0.15) is 0 Å². The van der Waals surface area contributed by atoms with E-state index < -0.39 is 0 Å². The molecule has 3 rings (SSSR count). The molecule has 3 atom stereocenters. The lowest BCUT2D eigenvalue weighted by atomic mass is 9.80. The van der Waals surface area contributed by atoms with E-state index in [-0.39, 0.29) is 6.10 Å². The molecule has 2 N–H and O–H groups in total. The van der Waals surface area contributed by atoms with Crippen LogP contribution >= 0.6 is 0 Å². The topological polar surface area (TPSA) is 48.1 Å². The first-order chi connectivity index (χ1) is 10.2. The summed E-state index contributed by atoms with van der Waals surface area (Å²) < 4.78 is 6.36. The second-order valence-corrected chi connectivity index (χ2v) is 6.35. The van der Waals surface area contributed by atoms with E-state index in [0.29, 0.717) is 18.4 Å². The molecule has 0 spiro atoms. The summed E-state index contributed by atoms with van der Waals surface area (Å²) in [6.45, 7) is 5.02. The van der Waals surface area contributed by atoms with Gasteiger partial charge in [-0.1, -0.05) is 31.5 Å². The molecule has 0 radical (unpaired) electrons. The van der Waals surface area contributed by atoms with Crippen LogP contribution in [-0.4, -0.2) is 17.6 Å². The first-order valence-electron chi connectivity index (χ1n) is 7.90. The Balaban J connectivity index is 1.91. The molecule has 0 bridgehead atoms. The fraction of sp³-hybridized carbons (Fsp3) is 0.500. The third-order valence-corrected chi connectivity index (χ3v) is 4.59. The zero-order valence-corrected chi connectivity index (χ0v) is 12.9. The molecule has 0 aliphatic heterocycles. The van der Waals surface area contributed by atoms with Crippen LogP contribution in [0.15, 0.2) is 30.3 Å². The average molecular weight is 284 g/mol. The monoisotopic (exact) mass is 284 g/mol.